The number of hydrogen-bond acceptors (Lipinski definition) is 3. The van der Waals surface area contributed by atoms with Gasteiger partial charge in [-0.25, -0.2) is 9.37 Å². The highest BCUT2D eigenvalue weighted by Crippen LogP contribution is 2.20. The lowest BCUT2D eigenvalue weighted by Gasteiger charge is -2.36. The Morgan fingerprint density at radius 3 is 2.57 bits per heavy atom. The van der Waals surface area contributed by atoms with Crippen molar-refractivity contribution < 1.29 is 4.39 Å². The lowest BCUT2D eigenvalue weighted by atomic mass is 10.2. The molecule has 0 unspecified atom stereocenters. The van der Waals surface area contributed by atoms with E-state index in [1.807, 2.05) is 42.7 Å². The molecular formula is C18H19FN4. The first kappa shape index (κ1) is 14.2. The molecule has 0 amide bonds. The molecule has 2 aromatic heterocycles. The summed E-state index contributed by atoms with van der Waals surface area (Å²) in [6.45, 7) is 4.41. The third-order valence-electron chi connectivity index (χ3n) is 4.44. The maximum absolute atomic E-state index is 13.9. The molecule has 23 heavy (non-hydrogen) atoms. The Labute approximate surface area is 134 Å². The summed E-state index contributed by atoms with van der Waals surface area (Å²) in [5.41, 5.74) is 2.88. The van der Waals surface area contributed by atoms with Gasteiger partial charge in [0.1, 0.15) is 11.5 Å². The molecule has 118 valence electrons. The lowest BCUT2D eigenvalue weighted by molar-refractivity contribution is 0.246. The van der Waals surface area contributed by atoms with Crippen molar-refractivity contribution >= 4 is 11.3 Å². The zero-order valence-corrected chi connectivity index (χ0v) is 12.9. The standard InChI is InChI=1S/C18H19FN4/c19-16-5-1-2-6-17(16)22-11-9-21(10-12-22)14-15-13-20-18-7-3-4-8-23(15)18/h1-8,13H,9-12,14H2. The van der Waals surface area contributed by atoms with E-state index in [1.54, 1.807) is 6.07 Å². The van der Waals surface area contributed by atoms with Gasteiger partial charge in [-0.05, 0) is 24.3 Å². The molecule has 4 nitrogen and oxygen atoms in total. The quantitative estimate of drug-likeness (QED) is 0.743. The Balaban J connectivity index is 1.43. The fourth-order valence-corrected chi connectivity index (χ4v) is 3.19. The molecule has 0 spiro atoms. The van der Waals surface area contributed by atoms with E-state index in [2.05, 4.69) is 19.2 Å². The van der Waals surface area contributed by atoms with Gasteiger partial charge in [-0.2, -0.15) is 0 Å². The monoisotopic (exact) mass is 310 g/mol. The van der Waals surface area contributed by atoms with Crippen LogP contribution in [-0.2, 0) is 6.54 Å². The van der Waals surface area contributed by atoms with Crippen molar-refractivity contribution in [1.29, 1.82) is 0 Å². The number of para-hydroxylation sites is 1. The van der Waals surface area contributed by atoms with Crippen LogP contribution in [0.3, 0.4) is 0 Å². The Morgan fingerprint density at radius 2 is 1.74 bits per heavy atom. The van der Waals surface area contributed by atoms with Crippen LogP contribution >= 0.6 is 0 Å². The van der Waals surface area contributed by atoms with Gasteiger partial charge in [-0.1, -0.05) is 18.2 Å². The number of piperazine rings is 1. The number of benzene rings is 1. The summed E-state index contributed by atoms with van der Waals surface area (Å²) in [5, 5.41) is 0. The first-order valence-corrected chi connectivity index (χ1v) is 7.94. The van der Waals surface area contributed by atoms with Crippen molar-refractivity contribution in [3.8, 4) is 0 Å². The van der Waals surface area contributed by atoms with Crippen LogP contribution in [0.2, 0.25) is 0 Å². The van der Waals surface area contributed by atoms with Crippen molar-refractivity contribution in [3.05, 3.63) is 66.4 Å². The van der Waals surface area contributed by atoms with Crippen LogP contribution in [0.25, 0.3) is 5.65 Å². The lowest BCUT2D eigenvalue weighted by Crippen LogP contribution is -2.46. The second-order valence-electron chi connectivity index (χ2n) is 5.89. The van der Waals surface area contributed by atoms with Crippen LogP contribution in [0.1, 0.15) is 5.69 Å². The van der Waals surface area contributed by atoms with Crippen molar-refractivity contribution in [3.63, 3.8) is 0 Å². The molecule has 0 saturated carbocycles. The molecule has 1 aromatic carbocycles. The normalized spacial score (nSPS) is 16.1. The summed E-state index contributed by atoms with van der Waals surface area (Å²) in [7, 11) is 0. The summed E-state index contributed by atoms with van der Waals surface area (Å²) >= 11 is 0. The minimum Gasteiger partial charge on any atom is -0.367 e. The number of nitrogens with zero attached hydrogens (tertiary/aromatic N) is 4. The highest BCUT2D eigenvalue weighted by molar-refractivity contribution is 5.48. The maximum atomic E-state index is 13.9. The summed E-state index contributed by atoms with van der Waals surface area (Å²) in [6, 6.07) is 13.0. The van der Waals surface area contributed by atoms with Crippen LogP contribution in [0.5, 0.6) is 0 Å². The largest absolute Gasteiger partial charge is 0.367 e. The number of hydrogen-bond donors (Lipinski definition) is 0. The predicted octanol–water partition coefficient (Wildman–Crippen LogP) is 2.80. The number of imidazole rings is 1. The van der Waals surface area contributed by atoms with Gasteiger partial charge in [0, 0.05) is 38.9 Å². The van der Waals surface area contributed by atoms with E-state index in [1.165, 1.54) is 11.8 Å². The molecule has 3 heterocycles. The van der Waals surface area contributed by atoms with Crippen LogP contribution in [0.15, 0.2) is 54.9 Å². The SMILES string of the molecule is Fc1ccccc1N1CCN(Cc2cnc3ccccn23)CC1. The molecule has 5 heteroatoms. The molecule has 1 fully saturated rings. The van der Waals surface area contributed by atoms with Crippen LogP contribution < -0.4 is 4.90 Å². The highest BCUT2D eigenvalue weighted by Gasteiger charge is 2.20. The van der Waals surface area contributed by atoms with E-state index in [-0.39, 0.29) is 5.82 Å². The number of aromatic nitrogens is 2. The first-order valence-electron chi connectivity index (χ1n) is 7.94. The zero-order chi connectivity index (χ0) is 15.6. The molecule has 1 saturated heterocycles. The van der Waals surface area contributed by atoms with Crippen molar-refractivity contribution in [1.82, 2.24) is 14.3 Å². The maximum Gasteiger partial charge on any atom is 0.146 e. The zero-order valence-electron chi connectivity index (χ0n) is 12.9. The van der Waals surface area contributed by atoms with E-state index >= 15 is 0 Å². The van der Waals surface area contributed by atoms with Gasteiger partial charge < -0.3 is 9.30 Å². The highest BCUT2D eigenvalue weighted by atomic mass is 19.1. The van der Waals surface area contributed by atoms with Crippen molar-refractivity contribution in [2.24, 2.45) is 0 Å². The fraction of sp³-hybridized carbons (Fsp3) is 0.278. The van der Waals surface area contributed by atoms with E-state index in [4.69, 9.17) is 0 Å². The van der Waals surface area contributed by atoms with Crippen LogP contribution in [-0.4, -0.2) is 40.5 Å². The molecule has 1 aliphatic heterocycles. The fourth-order valence-electron chi connectivity index (χ4n) is 3.19. The molecule has 0 atom stereocenters. The van der Waals surface area contributed by atoms with Gasteiger partial charge in [0.2, 0.25) is 0 Å². The second kappa shape index (κ2) is 6.01. The molecule has 4 rings (SSSR count). The van der Waals surface area contributed by atoms with Gasteiger partial charge in [-0.15, -0.1) is 0 Å². The van der Waals surface area contributed by atoms with Gasteiger partial charge >= 0.3 is 0 Å². The molecule has 0 aliphatic carbocycles. The first-order chi connectivity index (χ1) is 11.3. The van der Waals surface area contributed by atoms with Gasteiger partial charge in [-0.3, -0.25) is 4.90 Å². The number of fused-ring (bicyclic) bond motifs is 1. The van der Waals surface area contributed by atoms with E-state index < -0.39 is 0 Å². The average Bonchev–Trinajstić information content (AvgIpc) is 2.99. The average molecular weight is 310 g/mol. The van der Waals surface area contributed by atoms with Gasteiger partial charge in [0.05, 0.1) is 17.6 Å². The van der Waals surface area contributed by atoms with Gasteiger partial charge in [0.25, 0.3) is 0 Å². The second-order valence-corrected chi connectivity index (χ2v) is 5.89. The summed E-state index contributed by atoms with van der Waals surface area (Å²) in [4.78, 5) is 8.96. The molecule has 3 aromatic rings. The van der Waals surface area contributed by atoms with E-state index in [0.717, 1.165) is 38.4 Å². The van der Waals surface area contributed by atoms with Crippen molar-refractivity contribution in [2.45, 2.75) is 6.54 Å². The molecule has 0 bridgehead atoms. The Morgan fingerprint density at radius 1 is 0.957 bits per heavy atom. The number of pyridine rings is 1. The molecule has 0 N–H and O–H groups in total. The summed E-state index contributed by atoms with van der Waals surface area (Å²) in [5.74, 6) is -0.136. The van der Waals surface area contributed by atoms with E-state index in [0.29, 0.717) is 5.69 Å². The number of rotatable bonds is 3. The topological polar surface area (TPSA) is 23.8 Å². The Hall–Kier alpha value is -2.40. The molecule has 1 aliphatic rings. The summed E-state index contributed by atoms with van der Waals surface area (Å²) in [6.07, 6.45) is 3.99. The van der Waals surface area contributed by atoms with Crippen molar-refractivity contribution in [2.75, 3.05) is 31.1 Å². The Kier molecular flexibility index (Phi) is 3.71. The number of anilines is 1. The molecular weight excluding hydrogens is 291 g/mol. The third-order valence-corrected chi connectivity index (χ3v) is 4.44. The van der Waals surface area contributed by atoms with Crippen LogP contribution in [0, 0.1) is 5.82 Å². The minimum atomic E-state index is -0.136. The van der Waals surface area contributed by atoms with Gasteiger partial charge in [0.15, 0.2) is 0 Å². The number of halogens is 1. The smallest absolute Gasteiger partial charge is 0.146 e. The van der Waals surface area contributed by atoms with Crippen LogP contribution in [0.4, 0.5) is 10.1 Å². The summed E-state index contributed by atoms with van der Waals surface area (Å²) < 4.78 is 16.0. The van der Waals surface area contributed by atoms with E-state index in [9.17, 15) is 4.39 Å². The minimum absolute atomic E-state index is 0.136. The molecule has 0 radical (unpaired) electrons. The Bertz CT molecular complexity index is 805. The predicted molar refractivity (Wildman–Crippen MR) is 89.1 cm³/mol. The third kappa shape index (κ3) is 2.80.